The van der Waals surface area contributed by atoms with Gasteiger partial charge in [0.1, 0.15) is 30.5 Å². The van der Waals surface area contributed by atoms with Crippen molar-refractivity contribution in [2.75, 3.05) is 19.8 Å². The predicted molar refractivity (Wildman–Crippen MR) is 242 cm³/mol. The standard InChI is InChI=1S/C49H96N2O8/c1-3-5-7-9-11-13-15-17-18-19-20-21-22-23-24-25-26-27-28-30-32-34-36-38-44(53)51-42(41-58-49-47(56)46(55)45(54)43(40-52)59-49)48(57)50-39-37-35-33-31-29-16-14-12-10-8-6-4-2/h42-43,45-47,49,52,54-56H,3-41H2,1-2H3,(H,50,57)(H,51,53)/t42-,43+,45+,46-,47+,49-/m0/s1. The second kappa shape index (κ2) is 40.8. The monoisotopic (exact) mass is 841 g/mol. The van der Waals surface area contributed by atoms with Gasteiger partial charge in [-0.2, -0.15) is 0 Å². The molecular weight excluding hydrogens is 745 g/mol. The van der Waals surface area contributed by atoms with Gasteiger partial charge in [0, 0.05) is 13.0 Å². The number of hydrogen-bond acceptors (Lipinski definition) is 8. The molecule has 2 amide bonds. The van der Waals surface area contributed by atoms with E-state index in [1.807, 2.05) is 0 Å². The molecule has 0 radical (unpaired) electrons. The second-order valence-electron chi connectivity index (χ2n) is 17.9. The smallest absolute Gasteiger partial charge is 0.244 e. The van der Waals surface area contributed by atoms with Crippen LogP contribution in [0.3, 0.4) is 0 Å². The summed E-state index contributed by atoms with van der Waals surface area (Å²) in [6.45, 7) is 4.14. The Bertz CT molecular complexity index is 940. The molecule has 0 unspecified atom stereocenters. The van der Waals surface area contributed by atoms with Crippen LogP contribution >= 0.6 is 0 Å². The van der Waals surface area contributed by atoms with Gasteiger partial charge in [-0.15, -0.1) is 0 Å². The van der Waals surface area contributed by atoms with Crippen LogP contribution in [0.15, 0.2) is 0 Å². The Kier molecular flexibility index (Phi) is 38.5. The van der Waals surface area contributed by atoms with Crippen molar-refractivity contribution in [3.63, 3.8) is 0 Å². The molecule has 0 spiro atoms. The van der Waals surface area contributed by atoms with Crippen molar-refractivity contribution in [1.82, 2.24) is 10.6 Å². The number of nitrogens with one attached hydrogen (secondary N) is 2. The first kappa shape index (κ1) is 55.7. The van der Waals surface area contributed by atoms with Gasteiger partial charge >= 0.3 is 0 Å². The quantitative estimate of drug-likeness (QED) is 0.0331. The molecular formula is C49H96N2O8. The topological polar surface area (TPSA) is 158 Å². The summed E-state index contributed by atoms with van der Waals surface area (Å²) in [6, 6.07) is -1.02. The van der Waals surface area contributed by atoms with E-state index in [1.54, 1.807) is 0 Å². The summed E-state index contributed by atoms with van der Waals surface area (Å²) in [6.07, 6.45) is 38.1. The highest BCUT2D eigenvalue weighted by atomic mass is 16.7. The van der Waals surface area contributed by atoms with E-state index in [2.05, 4.69) is 24.5 Å². The van der Waals surface area contributed by atoms with Gasteiger partial charge in [0.25, 0.3) is 0 Å². The first-order chi connectivity index (χ1) is 28.8. The van der Waals surface area contributed by atoms with Gasteiger partial charge in [-0.25, -0.2) is 0 Å². The fraction of sp³-hybridized carbons (Fsp3) is 0.959. The van der Waals surface area contributed by atoms with E-state index >= 15 is 0 Å². The summed E-state index contributed by atoms with van der Waals surface area (Å²) < 4.78 is 11.1. The molecule has 0 aromatic rings. The molecule has 0 aromatic carbocycles. The number of aliphatic hydroxyl groups is 4. The minimum Gasteiger partial charge on any atom is -0.394 e. The Morgan fingerprint density at radius 2 is 0.864 bits per heavy atom. The van der Waals surface area contributed by atoms with E-state index in [0.717, 1.165) is 38.5 Å². The van der Waals surface area contributed by atoms with E-state index in [-0.39, 0.29) is 18.4 Å². The molecule has 1 heterocycles. The zero-order valence-electron chi connectivity index (χ0n) is 38.5. The maximum absolute atomic E-state index is 13.2. The molecule has 350 valence electrons. The fourth-order valence-electron chi connectivity index (χ4n) is 8.22. The Morgan fingerprint density at radius 3 is 1.24 bits per heavy atom. The average molecular weight is 841 g/mol. The molecule has 10 heteroatoms. The first-order valence-corrected chi connectivity index (χ1v) is 25.3. The van der Waals surface area contributed by atoms with Crippen LogP contribution in [0.25, 0.3) is 0 Å². The number of aliphatic hydroxyl groups excluding tert-OH is 4. The molecule has 1 saturated heterocycles. The molecule has 1 fully saturated rings. The van der Waals surface area contributed by atoms with Crippen molar-refractivity contribution >= 4 is 11.8 Å². The van der Waals surface area contributed by atoms with E-state index in [0.29, 0.717) is 13.0 Å². The largest absolute Gasteiger partial charge is 0.394 e. The fourth-order valence-corrected chi connectivity index (χ4v) is 8.22. The van der Waals surface area contributed by atoms with Gasteiger partial charge in [-0.1, -0.05) is 226 Å². The number of carbonyl (C=O) groups excluding carboxylic acids is 2. The number of unbranched alkanes of at least 4 members (excludes halogenated alkanes) is 33. The van der Waals surface area contributed by atoms with Crippen LogP contribution in [0.4, 0.5) is 0 Å². The highest BCUT2D eigenvalue weighted by Gasteiger charge is 2.44. The minimum absolute atomic E-state index is 0.239. The molecule has 1 rings (SSSR count). The van der Waals surface area contributed by atoms with Crippen molar-refractivity contribution < 1.29 is 39.5 Å². The maximum atomic E-state index is 13.2. The SMILES string of the molecule is CCCCCCCCCCCCCCCCCCCCCCCCCC(=O)N[C@@H](CO[C@H]1O[C@H](CO)[C@@H](O)[C@H](O)[C@H]1O)C(=O)NCCCCCCCCCCCCCC. The van der Waals surface area contributed by atoms with Crippen LogP contribution in [0.5, 0.6) is 0 Å². The van der Waals surface area contributed by atoms with E-state index in [4.69, 9.17) is 9.47 Å². The summed E-state index contributed by atoms with van der Waals surface area (Å²) >= 11 is 0. The average Bonchev–Trinajstić information content (AvgIpc) is 3.23. The second-order valence-corrected chi connectivity index (χ2v) is 17.9. The van der Waals surface area contributed by atoms with Gasteiger partial charge in [-0.05, 0) is 12.8 Å². The lowest BCUT2D eigenvalue weighted by Gasteiger charge is -2.39. The van der Waals surface area contributed by atoms with Crippen LogP contribution in [0.1, 0.15) is 245 Å². The summed E-state index contributed by atoms with van der Waals surface area (Å²) in [7, 11) is 0. The summed E-state index contributed by atoms with van der Waals surface area (Å²) in [5.41, 5.74) is 0. The van der Waals surface area contributed by atoms with Gasteiger partial charge in [-0.3, -0.25) is 9.59 Å². The highest BCUT2D eigenvalue weighted by Crippen LogP contribution is 2.22. The number of carbonyl (C=O) groups is 2. The number of amides is 2. The van der Waals surface area contributed by atoms with Crippen LogP contribution in [-0.4, -0.2) is 88.7 Å². The van der Waals surface area contributed by atoms with Crippen molar-refractivity contribution in [1.29, 1.82) is 0 Å². The van der Waals surface area contributed by atoms with E-state index < -0.39 is 43.4 Å². The normalized spacial score (nSPS) is 19.9. The first-order valence-electron chi connectivity index (χ1n) is 25.3. The minimum atomic E-state index is -1.59. The molecule has 0 aromatic heterocycles. The predicted octanol–water partition coefficient (Wildman–Crippen LogP) is 10.5. The third-order valence-corrected chi connectivity index (χ3v) is 12.3. The lowest BCUT2D eigenvalue weighted by atomic mass is 9.99. The molecule has 1 aliphatic heterocycles. The van der Waals surface area contributed by atoms with E-state index in [9.17, 15) is 30.0 Å². The van der Waals surface area contributed by atoms with Crippen molar-refractivity contribution in [2.24, 2.45) is 0 Å². The molecule has 6 atom stereocenters. The molecule has 0 saturated carbocycles. The Labute approximate surface area is 362 Å². The Hall–Kier alpha value is -1.30. The molecule has 6 N–H and O–H groups in total. The molecule has 1 aliphatic rings. The zero-order chi connectivity index (χ0) is 43.0. The van der Waals surface area contributed by atoms with Gasteiger partial charge in [0.15, 0.2) is 6.29 Å². The number of hydrogen-bond donors (Lipinski definition) is 6. The summed E-state index contributed by atoms with van der Waals surface area (Å²) in [4.78, 5) is 26.1. The van der Waals surface area contributed by atoms with Crippen molar-refractivity contribution in [2.45, 2.75) is 282 Å². The molecule has 0 bridgehead atoms. The van der Waals surface area contributed by atoms with Crippen molar-refractivity contribution in [3.8, 4) is 0 Å². The summed E-state index contributed by atoms with van der Waals surface area (Å²) in [5, 5.41) is 45.9. The lowest BCUT2D eigenvalue weighted by Crippen LogP contribution is -2.60. The lowest BCUT2D eigenvalue weighted by molar-refractivity contribution is -0.301. The number of rotatable bonds is 43. The van der Waals surface area contributed by atoms with Crippen LogP contribution in [0.2, 0.25) is 0 Å². The van der Waals surface area contributed by atoms with Crippen LogP contribution < -0.4 is 10.6 Å². The zero-order valence-corrected chi connectivity index (χ0v) is 38.5. The van der Waals surface area contributed by atoms with Gasteiger partial charge < -0.3 is 40.5 Å². The molecule has 59 heavy (non-hydrogen) atoms. The van der Waals surface area contributed by atoms with Crippen LogP contribution in [-0.2, 0) is 19.1 Å². The summed E-state index contributed by atoms with van der Waals surface area (Å²) in [5.74, 6) is -0.619. The maximum Gasteiger partial charge on any atom is 0.244 e. The van der Waals surface area contributed by atoms with Crippen LogP contribution in [0, 0.1) is 0 Å². The third-order valence-electron chi connectivity index (χ3n) is 12.3. The molecule has 10 nitrogen and oxygen atoms in total. The third kappa shape index (κ3) is 31.2. The molecule has 0 aliphatic carbocycles. The number of ether oxygens (including phenoxy) is 2. The van der Waals surface area contributed by atoms with E-state index in [1.165, 1.54) is 186 Å². The Balaban J connectivity index is 2.21. The highest BCUT2D eigenvalue weighted by molar-refractivity contribution is 5.87. The van der Waals surface area contributed by atoms with Gasteiger partial charge in [0.05, 0.1) is 13.2 Å². The van der Waals surface area contributed by atoms with Gasteiger partial charge in [0.2, 0.25) is 11.8 Å². The Morgan fingerprint density at radius 1 is 0.508 bits per heavy atom. The van der Waals surface area contributed by atoms with Crippen molar-refractivity contribution in [3.05, 3.63) is 0 Å².